The van der Waals surface area contributed by atoms with E-state index in [0.717, 1.165) is 17.5 Å². The number of benzene rings is 1. The molecule has 1 heterocycles. The number of aryl methyl sites for hydroxylation is 1. The third kappa shape index (κ3) is 4.60. The van der Waals surface area contributed by atoms with Gasteiger partial charge in [-0.25, -0.2) is 0 Å². The highest BCUT2D eigenvalue weighted by Gasteiger charge is 2.50. The van der Waals surface area contributed by atoms with Crippen LogP contribution < -0.4 is 4.74 Å². The first-order chi connectivity index (χ1) is 11.8. The second-order valence-electron chi connectivity index (χ2n) is 6.93. The normalized spacial score (nSPS) is 21.3. The minimum absolute atomic E-state index is 0.132. The van der Waals surface area contributed by atoms with Crippen LogP contribution in [0.25, 0.3) is 0 Å². The Hall–Kier alpha value is -1.88. The van der Waals surface area contributed by atoms with Crippen molar-refractivity contribution in [3.05, 3.63) is 29.3 Å². The van der Waals surface area contributed by atoms with E-state index in [9.17, 15) is 9.59 Å². The molecule has 3 atom stereocenters. The summed E-state index contributed by atoms with van der Waals surface area (Å²) in [5.41, 5.74) is 1.04. The van der Waals surface area contributed by atoms with E-state index in [0.29, 0.717) is 18.8 Å². The van der Waals surface area contributed by atoms with Gasteiger partial charge in [-0.2, -0.15) is 0 Å². The minimum Gasteiger partial charge on any atom is -0.462 e. The zero-order valence-electron chi connectivity index (χ0n) is 15.8. The molecule has 138 valence electrons. The minimum atomic E-state index is -0.706. The van der Waals surface area contributed by atoms with Crippen LogP contribution in [-0.2, 0) is 24.7 Å². The van der Waals surface area contributed by atoms with Gasteiger partial charge in [0.05, 0.1) is 18.4 Å². The molecule has 0 aliphatic carbocycles. The van der Waals surface area contributed by atoms with Gasteiger partial charge in [0.15, 0.2) is 5.60 Å². The fraction of sp³-hybridized carbons (Fsp3) is 0.600. The molecule has 25 heavy (non-hydrogen) atoms. The van der Waals surface area contributed by atoms with Crippen molar-refractivity contribution < 1.29 is 23.8 Å². The standard InChI is InChI=1S/C20H28O5/c1-6-14(4)18(21)23-11-20(12-24-20)16-9-8-13(3)10-17(16)25-19(22)15(5)7-2/h8-10,14-15H,6-7,11-12H2,1-5H3. The Balaban J connectivity index is 2.18. The van der Waals surface area contributed by atoms with Crippen molar-refractivity contribution in [3.63, 3.8) is 0 Å². The molecule has 1 aromatic rings. The predicted molar refractivity (Wildman–Crippen MR) is 94.3 cm³/mol. The fourth-order valence-corrected chi connectivity index (χ4v) is 2.37. The summed E-state index contributed by atoms with van der Waals surface area (Å²) >= 11 is 0. The maximum Gasteiger partial charge on any atom is 0.314 e. The number of carbonyl (C=O) groups excluding carboxylic acids is 2. The molecule has 0 radical (unpaired) electrons. The Morgan fingerprint density at radius 2 is 1.76 bits per heavy atom. The zero-order chi connectivity index (χ0) is 18.6. The maximum absolute atomic E-state index is 12.2. The van der Waals surface area contributed by atoms with Crippen molar-refractivity contribution in [2.75, 3.05) is 13.2 Å². The van der Waals surface area contributed by atoms with Crippen molar-refractivity contribution in [1.82, 2.24) is 0 Å². The van der Waals surface area contributed by atoms with Crippen molar-refractivity contribution in [3.8, 4) is 5.75 Å². The van der Waals surface area contributed by atoms with Crippen LogP contribution in [-0.4, -0.2) is 25.2 Å². The second-order valence-corrected chi connectivity index (χ2v) is 6.93. The maximum atomic E-state index is 12.2. The second kappa shape index (κ2) is 8.00. The Morgan fingerprint density at radius 3 is 2.32 bits per heavy atom. The summed E-state index contributed by atoms with van der Waals surface area (Å²) in [6.07, 6.45) is 1.45. The van der Waals surface area contributed by atoms with E-state index < -0.39 is 5.60 Å². The molecular weight excluding hydrogens is 320 g/mol. The molecule has 2 rings (SSSR count). The number of hydrogen-bond donors (Lipinski definition) is 0. The van der Waals surface area contributed by atoms with Crippen LogP contribution in [0.15, 0.2) is 18.2 Å². The van der Waals surface area contributed by atoms with Crippen molar-refractivity contribution >= 4 is 11.9 Å². The molecule has 0 bridgehead atoms. The molecule has 1 aromatic carbocycles. The molecule has 1 fully saturated rings. The van der Waals surface area contributed by atoms with E-state index in [4.69, 9.17) is 14.2 Å². The van der Waals surface area contributed by atoms with E-state index in [-0.39, 0.29) is 30.4 Å². The average Bonchev–Trinajstić information content (AvgIpc) is 3.39. The van der Waals surface area contributed by atoms with Gasteiger partial charge in [0.25, 0.3) is 0 Å². The molecule has 3 unspecified atom stereocenters. The van der Waals surface area contributed by atoms with Crippen LogP contribution in [0.3, 0.4) is 0 Å². The summed E-state index contributed by atoms with van der Waals surface area (Å²) in [6.45, 7) is 10.1. The van der Waals surface area contributed by atoms with E-state index >= 15 is 0 Å². The average molecular weight is 348 g/mol. The highest BCUT2D eigenvalue weighted by molar-refractivity contribution is 5.75. The van der Waals surface area contributed by atoms with Crippen LogP contribution in [0.4, 0.5) is 0 Å². The van der Waals surface area contributed by atoms with E-state index in [1.165, 1.54) is 0 Å². The number of rotatable bonds is 8. The van der Waals surface area contributed by atoms with Crippen molar-refractivity contribution in [2.24, 2.45) is 11.8 Å². The lowest BCUT2D eigenvalue weighted by Crippen LogP contribution is -2.25. The Bertz CT molecular complexity index is 633. The lowest BCUT2D eigenvalue weighted by Gasteiger charge is -2.19. The van der Waals surface area contributed by atoms with Gasteiger partial charge in [0.1, 0.15) is 12.4 Å². The molecule has 0 N–H and O–H groups in total. The summed E-state index contributed by atoms with van der Waals surface area (Å²) in [6, 6.07) is 5.66. The fourth-order valence-electron chi connectivity index (χ4n) is 2.37. The van der Waals surface area contributed by atoms with Crippen LogP contribution in [0.1, 0.15) is 51.7 Å². The monoisotopic (exact) mass is 348 g/mol. The number of esters is 2. The Morgan fingerprint density at radius 1 is 1.16 bits per heavy atom. The molecule has 5 nitrogen and oxygen atoms in total. The Labute approximate surface area is 149 Å². The van der Waals surface area contributed by atoms with Crippen LogP contribution in [0.5, 0.6) is 5.75 Å². The lowest BCUT2D eigenvalue weighted by atomic mass is 9.98. The number of carbonyl (C=O) groups is 2. The molecule has 0 aromatic heterocycles. The largest absolute Gasteiger partial charge is 0.462 e. The highest BCUT2D eigenvalue weighted by Crippen LogP contribution is 2.44. The third-order valence-electron chi connectivity index (χ3n) is 4.81. The molecule has 1 aliphatic rings. The first kappa shape index (κ1) is 19.4. The Kier molecular flexibility index (Phi) is 6.22. The van der Waals surface area contributed by atoms with Gasteiger partial charge in [-0.1, -0.05) is 39.8 Å². The number of hydrogen-bond acceptors (Lipinski definition) is 5. The summed E-state index contributed by atoms with van der Waals surface area (Å²) in [5.74, 6) is -0.323. The van der Waals surface area contributed by atoms with Crippen molar-refractivity contribution in [2.45, 2.75) is 53.1 Å². The zero-order valence-corrected chi connectivity index (χ0v) is 15.8. The van der Waals surface area contributed by atoms with Gasteiger partial charge in [0.2, 0.25) is 0 Å². The van der Waals surface area contributed by atoms with Gasteiger partial charge < -0.3 is 14.2 Å². The van der Waals surface area contributed by atoms with E-state index in [2.05, 4.69) is 0 Å². The molecule has 0 amide bonds. The summed E-state index contributed by atoms with van der Waals surface area (Å²) in [4.78, 5) is 24.2. The molecule has 1 aliphatic heterocycles. The first-order valence-electron chi connectivity index (χ1n) is 8.96. The van der Waals surface area contributed by atoms with Gasteiger partial charge in [-0.3, -0.25) is 9.59 Å². The van der Waals surface area contributed by atoms with E-state index in [1.807, 2.05) is 52.8 Å². The summed E-state index contributed by atoms with van der Waals surface area (Å²) in [5, 5.41) is 0. The third-order valence-corrected chi connectivity index (χ3v) is 4.81. The first-order valence-corrected chi connectivity index (χ1v) is 8.96. The lowest BCUT2D eigenvalue weighted by molar-refractivity contribution is -0.150. The number of epoxide rings is 1. The van der Waals surface area contributed by atoms with Gasteiger partial charge in [0, 0.05) is 5.56 Å². The molecule has 1 saturated heterocycles. The van der Waals surface area contributed by atoms with Gasteiger partial charge >= 0.3 is 11.9 Å². The topological polar surface area (TPSA) is 65.1 Å². The van der Waals surface area contributed by atoms with Gasteiger partial charge in [-0.05, 0) is 31.4 Å². The SMILES string of the molecule is CCC(C)C(=O)OCC1(c2ccc(C)cc2OC(=O)C(C)CC)CO1. The molecular formula is C20H28O5. The van der Waals surface area contributed by atoms with Crippen LogP contribution >= 0.6 is 0 Å². The molecule has 0 saturated carbocycles. The predicted octanol–water partition coefficient (Wildman–Crippen LogP) is 3.76. The van der Waals surface area contributed by atoms with Gasteiger partial charge in [-0.15, -0.1) is 0 Å². The summed E-state index contributed by atoms with van der Waals surface area (Å²) in [7, 11) is 0. The van der Waals surface area contributed by atoms with Crippen molar-refractivity contribution in [1.29, 1.82) is 0 Å². The summed E-state index contributed by atoms with van der Waals surface area (Å²) < 4.78 is 16.7. The molecule has 5 heteroatoms. The van der Waals surface area contributed by atoms with E-state index in [1.54, 1.807) is 0 Å². The smallest absolute Gasteiger partial charge is 0.314 e. The van der Waals surface area contributed by atoms with Crippen LogP contribution in [0, 0.1) is 18.8 Å². The van der Waals surface area contributed by atoms with Crippen LogP contribution in [0.2, 0.25) is 0 Å². The quantitative estimate of drug-likeness (QED) is 0.406. The highest BCUT2D eigenvalue weighted by atomic mass is 16.6. The number of ether oxygens (including phenoxy) is 3. The molecule has 0 spiro atoms.